The van der Waals surface area contributed by atoms with Crippen molar-refractivity contribution in [3.05, 3.63) is 24.3 Å². The lowest BCUT2D eigenvalue weighted by molar-refractivity contribution is -0.130. The molecule has 1 rings (SSSR count). The minimum Gasteiger partial charge on any atom is -0.494 e. The molecule has 0 saturated carbocycles. The molecule has 0 aliphatic rings. The molecule has 0 bridgehead atoms. The lowest BCUT2D eigenvalue weighted by Crippen LogP contribution is -2.40. The zero-order valence-electron chi connectivity index (χ0n) is 12.3. The molecule has 0 aliphatic heterocycles. The lowest BCUT2D eigenvalue weighted by atomic mass is 10.3. The number of aliphatic hydroxyl groups excluding tert-OH is 1. The highest BCUT2D eigenvalue weighted by Gasteiger charge is 2.16. The molecule has 0 atom stereocenters. The van der Waals surface area contributed by atoms with Gasteiger partial charge in [-0.2, -0.15) is 0 Å². The van der Waals surface area contributed by atoms with Crippen molar-refractivity contribution in [3.63, 3.8) is 0 Å². The van der Waals surface area contributed by atoms with E-state index in [1.54, 1.807) is 4.90 Å². The third kappa shape index (κ3) is 5.43. The highest BCUT2D eigenvalue weighted by molar-refractivity contribution is 8.00. The van der Waals surface area contributed by atoms with E-state index in [-0.39, 0.29) is 18.6 Å². The van der Waals surface area contributed by atoms with Crippen LogP contribution < -0.4 is 4.74 Å². The molecule has 1 N–H and O–H groups in total. The first-order chi connectivity index (χ1) is 9.58. The molecule has 112 valence electrons. The highest BCUT2D eigenvalue weighted by atomic mass is 32.2. The van der Waals surface area contributed by atoms with Crippen LogP contribution in [0.25, 0.3) is 0 Å². The van der Waals surface area contributed by atoms with Crippen molar-refractivity contribution in [2.75, 3.05) is 25.5 Å². The van der Waals surface area contributed by atoms with Crippen LogP contribution in [0, 0.1) is 0 Å². The van der Waals surface area contributed by atoms with Crippen LogP contribution in [0.3, 0.4) is 0 Å². The van der Waals surface area contributed by atoms with Crippen molar-refractivity contribution in [2.24, 2.45) is 0 Å². The molecular formula is C15H23NO3S. The first kappa shape index (κ1) is 16.9. The van der Waals surface area contributed by atoms with Crippen molar-refractivity contribution in [3.8, 4) is 5.75 Å². The van der Waals surface area contributed by atoms with E-state index in [4.69, 9.17) is 9.84 Å². The van der Waals surface area contributed by atoms with Gasteiger partial charge in [-0.1, -0.05) is 0 Å². The quantitative estimate of drug-likeness (QED) is 0.749. The van der Waals surface area contributed by atoms with Crippen molar-refractivity contribution in [1.29, 1.82) is 0 Å². The molecule has 1 aromatic carbocycles. The second kappa shape index (κ2) is 8.87. The second-order valence-corrected chi connectivity index (χ2v) is 5.65. The summed E-state index contributed by atoms with van der Waals surface area (Å²) in [5, 5.41) is 8.99. The van der Waals surface area contributed by atoms with Gasteiger partial charge in [0.05, 0.1) is 19.0 Å². The maximum atomic E-state index is 12.1. The Balaban J connectivity index is 2.50. The number of nitrogens with zero attached hydrogens (tertiary/aromatic N) is 1. The summed E-state index contributed by atoms with van der Waals surface area (Å²) in [7, 11) is 0. The Bertz CT molecular complexity index is 406. The largest absolute Gasteiger partial charge is 0.494 e. The van der Waals surface area contributed by atoms with Gasteiger partial charge >= 0.3 is 0 Å². The zero-order valence-corrected chi connectivity index (χ0v) is 13.2. The van der Waals surface area contributed by atoms with Crippen LogP contribution in [0.1, 0.15) is 20.8 Å². The van der Waals surface area contributed by atoms with E-state index in [0.29, 0.717) is 18.9 Å². The Kier molecular flexibility index (Phi) is 7.47. The first-order valence-electron chi connectivity index (χ1n) is 6.84. The maximum absolute atomic E-state index is 12.1. The number of hydrogen-bond donors (Lipinski definition) is 1. The predicted octanol–water partition coefficient (Wildman–Crippen LogP) is 2.41. The fourth-order valence-electron chi connectivity index (χ4n) is 1.81. The number of ether oxygens (including phenoxy) is 1. The van der Waals surface area contributed by atoms with Crippen LogP contribution in [-0.4, -0.2) is 47.5 Å². The number of benzene rings is 1. The normalized spacial score (nSPS) is 10.7. The summed E-state index contributed by atoms with van der Waals surface area (Å²) in [5.74, 6) is 1.27. The Labute approximate surface area is 125 Å². The fourth-order valence-corrected chi connectivity index (χ4v) is 2.59. The van der Waals surface area contributed by atoms with Gasteiger partial charge in [-0.05, 0) is 45.0 Å². The summed E-state index contributed by atoms with van der Waals surface area (Å²) < 4.78 is 5.38. The van der Waals surface area contributed by atoms with Gasteiger partial charge in [0.2, 0.25) is 5.91 Å². The van der Waals surface area contributed by atoms with Gasteiger partial charge in [0.1, 0.15) is 5.75 Å². The summed E-state index contributed by atoms with van der Waals surface area (Å²) in [4.78, 5) is 14.8. The SMILES string of the molecule is CCOc1ccc(SCC(=O)N(CCO)C(C)C)cc1. The molecule has 0 unspecified atom stereocenters. The molecule has 1 aromatic rings. The molecule has 0 heterocycles. The molecule has 0 radical (unpaired) electrons. The van der Waals surface area contributed by atoms with Crippen molar-refractivity contribution in [2.45, 2.75) is 31.7 Å². The van der Waals surface area contributed by atoms with Crippen LogP contribution in [0.5, 0.6) is 5.75 Å². The summed E-state index contributed by atoms with van der Waals surface area (Å²) in [5.41, 5.74) is 0. The Morgan fingerprint density at radius 3 is 2.50 bits per heavy atom. The van der Waals surface area contributed by atoms with Crippen molar-refractivity contribution < 1.29 is 14.6 Å². The van der Waals surface area contributed by atoms with Gasteiger partial charge < -0.3 is 14.7 Å². The Morgan fingerprint density at radius 1 is 1.35 bits per heavy atom. The van der Waals surface area contributed by atoms with E-state index < -0.39 is 0 Å². The molecule has 0 aromatic heterocycles. The van der Waals surface area contributed by atoms with Gasteiger partial charge in [0, 0.05) is 17.5 Å². The van der Waals surface area contributed by atoms with E-state index in [1.807, 2.05) is 45.0 Å². The van der Waals surface area contributed by atoms with Gasteiger partial charge in [-0.15, -0.1) is 11.8 Å². The third-order valence-corrected chi connectivity index (χ3v) is 3.78. The summed E-state index contributed by atoms with van der Waals surface area (Å²) >= 11 is 1.50. The third-order valence-electron chi connectivity index (χ3n) is 2.78. The summed E-state index contributed by atoms with van der Waals surface area (Å²) in [6.07, 6.45) is 0. The molecule has 0 fully saturated rings. The van der Waals surface area contributed by atoms with Crippen LogP contribution in [0.2, 0.25) is 0 Å². The smallest absolute Gasteiger partial charge is 0.233 e. The zero-order chi connectivity index (χ0) is 15.0. The second-order valence-electron chi connectivity index (χ2n) is 4.60. The fraction of sp³-hybridized carbons (Fsp3) is 0.533. The number of carbonyl (C=O) groups is 1. The average molecular weight is 297 g/mol. The standard InChI is InChI=1S/C15H23NO3S/c1-4-19-13-5-7-14(8-6-13)20-11-15(18)16(9-10-17)12(2)3/h5-8,12,17H,4,9-11H2,1-3H3. The number of aliphatic hydroxyl groups is 1. The lowest BCUT2D eigenvalue weighted by Gasteiger charge is -2.25. The van der Waals surface area contributed by atoms with E-state index in [1.165, 1.54) is 11.8 Å². The van der Waals surface area contributed by atoms with Crippen molar-refractivity contribution in [1.82, 2.24) is 4.90 Å². The van der Waals surface area contributed by atoms with E-state index in [0.717, 1.165) is 10.6 Å². The molecular weight excluding hydrogens is 274 g/mol. The summed E-state index contributed by atoms with van der Waals surface area (Å²) in [6, 6.07) is 7.83. The average Bonchev–Trinajstić information content (AvgIpc) is 2.43. The van der Waals surface area contributed by atoms with Gasteiger partial charge in [-0.3, -0.25) is 4.79 Å². The van der Waals surface area contributed by atoms with Gasteiger partial charge in [-0.25, -0.2) is 0 Å². The van der Waals surface area contributed by atoms with Crippen molar-refractivity contribution >= 4 is 17.7 Å². The molecule has 5 heteroatoms. The first-order valence-corrected chi connectivity index (χ1v) is 7.83. The van der Waals surface area contributed by atoms with Crippen LogP contribution in [0.4, 0.5) is 0 Å². The predicted molar refractivity (Wildman–Crippen MR) is 82.3 cm³/mol. The number of thioether (sulfide) groups is 1. The van der Waals surface area contributed by atoms with Crippen LogP contribution in [0.15, 0.2) is 29.2 Å². The molecule has 20 heavy (non-hydrogen) atoms. The van der Waals surface area contributed by atoms with Gasteiger partial charge in [0.25, 0.3) is 0 Å². The van der Waals surface area contributed by atoms with Gasteiger partial charge in [0.15, 0.2) is 0 Å². The van der Waals surface area contributed by atoms with E-state index in [9.17, 15) is 4.79 Å². The van der Waals surface area contributed by atoms with E-state index in [2.05, 4.69) is 0 Å². The van der Waals surface area contributed by atoms with E-state index >= 15 is 0 Å². The van der Waals surface area contributed by atoms with Crippen LogP contribution in [-0.2, 0) is 4.79 Å². The Morgan fingerprint density at radius 2 is 2.00 bits per heavy atom. The molecule has 4 nitrogen and oxygen atoms in total. The maximum Gasteiger partial charge on any atom is 0.233 e. The number of carbonyl (C=O) groups excluding carboxylic acids is 1. The minimum absolute atomic E-state index is 0.00234. The number of rotatable bonds is 8. The topological polar surface area (TPSA) is 49.8 Å². The number of hydrogen-bond acceptors (Lipinski definition) is 4. The van der Waals surface area contributed by atoms with Crippen LogP contribution >= 0.6 is 11.8 Å². The Hall–Kier alpha value is -1.20. The minimum atomic E-state index is -0.00234. The number of amides is 1. The highest BCUT2D eigenvalue weighted by Crippen LogP contribution is 2.22. The molecule has 1 amide bonds. The molecule has 0 spiro atoms. The monoisotopic (exact) mass is 297 g/mol. The summed E-state index contributed by atoms with van der Waals surface area (Å²) in [6.45, 7) is 6.89. The molecule has 0 saturated heterocycles. The molecule has 0 aliphatic carbocycles.